The first-order valence-electron chi connectivity index (χ1n) is 10.2. The van der Waals surface area contributed by atoms with Crippen molar-refractivity contribution in [1.29, 1.82) is 0 Å². The van der Waals surface area contributed by atoms with Crippen LogP contribution in [0.1, 0.15) is 32.4 Å². The maximum Gasteiger partial charge on any atom is 0.338 e. The van der Waals surface area contributed by atoms with Gasteiger partial charge in [0.25, 0.3) is 0 Å². The molecule has 0 aromatic heterocycles. The van der Waals surface area contributed by atoms with Crippen LogP contribution in [0.5, 0.6) is 0 Å². The Bertz CT molecular complexity index is 1040. The molecule has 0 spiro atoms. The number of esters is 1. The molecule has 9 heteroatoms. The van der Waals surface area contributed by atoms with Crippen molar-refractivity contribution in [2.24, 2.45) is 0 Å². The molecule has 2 amide bonds. The second-order valence-electron chi connectivity index (χ2n) is 7.05. The zero-order chi connectivity index (χ0) is 23.3. The average molecular weight is 473 g/mol. The van der Waals surface area contributed by atoms with Gasteiger partial charge in [-0.15, -0.1) is 0 Å². The van der Waals surface area contributed by atoms with E-state index in [1.54, 1.807) is 43.3 Å². The fourth-order valence-corrected chi connectivity index (χ4v) is 3.98. The maximum absolute atomic E-state index is 12.7. The summed E-state index contributed by atoms with van der Waals surface area (Å²) in [6, 6.07) is 13.2. The van der Waals surface area contributed by atoms with Gasteiger partial charge in [-0.05, 0) is 75.0 Å². The van der Waals surface area contributed by atoms with Gasteiger partial charge >= 0.3 is 12.0 Å². The Hall–Kier alpha value is -3.10. The average Bonchev–Trinajstić information content (AvgIpc) is 2.76. The van der Waals surface area contributed by atoms with E-state index in [9.17, 15) is 9.59 Å². The number of thiocarbonyl (C=S) groups is 1. The molecular formula is C23H25ClN4O3S. The SMILES string of the molecule is CCOC(=O)C1=C(C)N(CC)C(=S)NC1c1ccc(NC(=O)Nc2ccc(Cl)cc2)cc1. The quantitative estimate of drug-likeness (QED) is 0.402. The third kappa shape index (κ3) is 5.38. The van der Waals surface area contributed by atoms with Gasteiger partial charge in [-0.2, -0.15) is 0 Å². The molecule has 0 saturated heterocycles. The third-order valence-corrected chi connectivity index (χ3v) is 5.60. The number of nitrogens with one attached hydrogen (secondary N) is 3. The van der Waals surface area contributed by atoms with Gasteiger partial charge in [-0.3, -0.25) is 0 Å². The normalized spacial score (nSPS) is 15.8. The minimum atomic E-state index is -0.443. The van der Waals surface area contributed by atoms with Crippen molar-refractivity contribution in [1.82, 2.24) is 10.2 Å². The smallest absolute Gasteiger partial charge is 0.338 e. The molecule has 1 aliphatic heterocycles. The summed E-state index contributed by atoms with van der Waals surface area (Å²) in [5.41, 5.74) is 3.35. The van der Waals surface area contributed by atoms with Gasteiger partial charge in [0.2, 0.25) is 0 Å². The molecule has 0 saturated carbocycles. The van der Waals surface area contributed by atoms with E-state index in [-0.39, 0.29) is 18.6 Å². The first kappa shape index (κ1) is 23.6. The highest BCUT2D eigenvalue weighted by molar-refractivity contribution is 7.80. The summed E-state index contributed by atoms with van der Waals surface area (Å²) < 4.78 is 5.29. The van der Waals surface area contributed by atoms with Crippen LogP contribution in [0.4, 0.5) is 16.2 Å². The van der Waals surface area contributed by atoms with Gasteiger partial charge in [0.1, 0.15) is 0 Å². The molecule has 7 nitrogen and oxygen atoms in total. The van der Waals surface area contributed by atoms with E-state index in [1.165, 1.54) is 0 Å². The Balaban J connectivity index is 1.78. The second-order valence-corrected chi connectivity index (χ2v) is 7.88. The van der Waals surface area contributed by atoms with Gasteiger partial charge in [0, 0.05) is 28.6 Å². The predicted octanol–water partition coefficient (Wildman–Crippen LogP) is 5.07. The molecule has 2 aromatic rings. The second kappa shape index (κ2) is 10.5. The van der Waals surface area contributed by atoms with Crippen LogP contribution in [0.15, 0.2) is 59.8 Å². The topological polar surface area (TPSA) is 82.7 Å². The fourth-order valence-electron chi connectivity index (χ4n) is 3.47. The number of halogens is 1. The summed E-state index contributed by atoms with van der Waals surface area (Å²) in [5, 5.41) is 9.91. The van der Waals surface area contributed by atoms with Crippen molar-refractivity contribution in [3.05, 3.63) is 70.4 Å². The first-order valence-corrected chi connectivity index (χ1v) is 11.0. The number of rotatable bonds is 6. The number of hydrogen-bond donors (Lipinski definition) is 3. The zero-order valence-electron chi connectivity index (χ0n) is 18.1. The molecule has 3 rings (SSSR count). The number of amides is 2. The van der Waals surface area contributed by atoms with Crippen LogP contribution in [0.2, 0.25) is 5.02 Å². The van der Waals surface area contributed by atoms with Crippen LogP contribution in [0.3, 0.4) is 0 Å². The number of anilines is 2. The van der Waals surface area contributed by atoms with Crippen molar-refractivity contribution in [3.63, 3.8) is 0 Å². The van der Waals surface area contributed by atoms with Crippen LogP contribution >= 0.6 is 23.8 Å². The highest BCUT2D eigenvalue weighted by Gasteiger charge is 2.34. The van der Waals surface area contributed by atoms with Crippen LogP contribution < -0.4 is 16.0 Å². The Labute approximate surface area is 197 Å². The summed E-state index contributed by atoms with van der Waals surface area (Å²) in [6.45, 7) is 6.53. The summed E-state index contributed by atoms with van der Waals surface area (Å²) in [7, 11) is 0. The number of ether oxygens (including phenoxy) is 1. The van der Waals surface area contributed by atoms with E-state index < -0.39 is 6.04 Å². The van der Waals surface area contributed by atoms with Gasteiger partial charge in [-0.1, -0.05) is 23.7 Å². The number of allylic oxidation sites excluding steroid dienone is 1. The monoisotopic (exact) mass is 472 g/mol. The van der Waals surface area contributed by atoms with Gasteiger partial charge in [0.05, 0.1) is 18.2 Å². The fraction of sp³-hybridized carbons (Fsp3) is 0.261. The molecule has 0 aliphatic carbocycles. The van der Waals surface area contributed by atoms with E-state index in [0.29, 0.717) is 33.6 Å². The summed E-state index contributed by atoms with van der Waals surface area (Å²) in [6.07, 6.45) is 0. The lowest BCUT2D eigenvalue weighted by molar-refractivity contribution is -0.139. The number of hydrogen-bond acceptors (Lipinski definition) is 4. The Morgan fingerprint density at radius 1 is 1.06 bits per heavy atom. The number of carbonyl (C=O) groups is 2. The zero-order valence-corrected chi connectivity index (χ0v) is 19.6. The molecule has 32 heavy (non-hydrogen) atoms. The summed E-state index contributed by atoms with van der Waals surface area (Å²) in [5.74, 6) is -0.381. The molecule has 2 aromatic carbocycles. The van der Waals surface area contributed by atoms with Crippen molar-refractivity contribution >= 4 is 52.3 Å². The van der Waals surface area contributed by atoms with Crippen molar-refractivity contribution in [2.75, 3.05) is 23.8 Å². The van der Waals surface area contributed by atoms with Crippen LogP contribution in [-0.4, -0.2) is 35.2 Å². The first-order chi connectivity index (χ1) is 15.3. The van der Waals surface area contributed by atoms with E-state index in [0.717, 1.165) is 11.3 Å². The van der Waals surface area contributed by atoms with Crippen molar-refractivity contribution in [3.8, 4) is 0 Å². The van der Waals surface area contributed by atoms with Crippen molar-refractivity contribution in [2.45, 2.75) is 26.8 Å². The lowest BCUT2D eigenvalue weighted by atomic mass is 9.95. The molecule has 1 aliphatic rings. The molecule has 1 atom stereocenters. The largest absolute Gasteiger partial charge is 0.463 e. The summed E-state index contributed by atoms with van der Waals surface area (Å²) in [4.78, 5) is 26.8. The third-order valence-electron chi connectivity index (χ3n) is 5.01. The van der Waals surface area contributed by atoms with Crippen LogP contribution in [-0.2, 0) is 9.53 Å². The lowest BCUT2D eigenvalue weighted by Gasteiger charge is -2.37. The highest BCUT2D eigenvalue weighted by atomic mass is 35.5. The Kier molecular flexibility index (Phi) is 7.71. The van der Waals surface area contributed by atoms with Crippen LogP contribution in [0.25, 0.3) is 0 Å². The molecule has 1 heterocycles. The van der Waals surface area contributed by atoms with E-state index in [2.05, 4.69) is 16.0 Å². The van der Waals surface area contributed by atoms with Crippen LogP contribution in [0, 0.1) is 0 Å². The molecule has 0 radical (unpaired) electrons. The standard InChI is InChI=1S/C23H25ClN4O3S/c1-4-28-14(3)19(21(29)31-5-2)20(27-23(28)32)15-6-10-17(11-7-15)25-22(30)26-18-12-8-16(24)9-13-18/h6-13,20H,4-5H2,1-3H3,(H,27,32)(H2,25,26,30). The Morgan fingerprint density at radius 2 is 1.62 bits per heavy atom. The van der Waals surface area contributed by atoms with Gasteiger partial charge in [-0.25, -0.2) is 9.59 Å². The van der Waals surface area contributed by atoms with Gasteiger partial charge < -0.3 is 25.6 Å². The maximum atomic E-state index is 12.7. The number of nitrogens with zero attached hydrogens (tertiary/aromatic N) is 1. The predicted molar refractivity (Wildman–Crippen MR) is 131 cm³/mol. The minimum Gasteiger partial charge on any atom is -0.463 e. The summed E-state index contributed by atoms with van der Waals surface area (Å²) >= 11 is 11.4. The molecular weight excluding hydrogens is 448 g/mol. The van der Waals surface area contributed by atoms with Crippen molar-refractivity contribution < 1.29 is 14.3 Å². The number of benzene rings is 2. The molecule has 0 bridgehead atoms. The molecule has 0 fully saturated rings. The Morgan fingerprint density at radius 3 is 2.16 bits per heavy atom. The van der Waals surface area contributed by atoms with E-state index in [4.69, 9.17) is 28.6 Å². The minimum absolute atomic E-state index is 0.282. The number of carbonyl (C=O) groups excluding carboxylic acids is 2. The lowest BCUT2D eigenvalue weighted by Crippen LogP contribution is -2.47. The van der Waals surface area contributed by atoms with E-state index >= 15 is 0 Å². The van der Waals surface area contributed by atoms with Gasteiger partial charge in [0.15, 0.2) is 5.11 Å². The highest BCUT2D eigenvalue weighted by Crippen LogP contribution is 2.32. The van der Waals surface area contributed by atoms with E-state index in [1.807, 2.05) is 30.9 Å². The molecule has 3 N–H and O–H groups in total. The number of urea groups is 1. The molecule has 168 valence electrons. The molecule has 1 unspecified atom stereocenters.